The molecule has 0 aliphatic carbocycles. The monoisotopic (exact) mass is 286 g/mol. The number of hydrogen-bond donors (Lipinski definition) is 2. The van der Waals surface area contributed by atoms with Gasteiger partial charge in [-0.25, -0.2) is 18.1 Å². The van der Waals surface area contributed by atoms with Gasteiger partial charge in [-0.2, -0.15) is 0 Å². The Balaban J connectivity index is 2.59. The molecule has 0 amide bonds. The van der Waals surface area contributed by atoms with Crippen molar-refractivity contribution in [1.82, 2.24) is 9.71 Å². The number of ether oxygens (including phenoxy) is 1. The zero-order chi connectivity index (χ0) is 12.2. The van der Waals surface area contributed by atoms with Crippen molar-refractivity contribution >= 4 is 33.0 Å². The summed E-state index contributed by atoms with van der Waals surface area (Å²) in [6.45, 7) is -0.0579. The van der Waals surface area contributed by atoms with E-state index in [1.54, 1.807) is 0 Å². The fourth-order valence-electron chi connectivity index (χ4n) is 0.892. The summed E-state index contributed by atoms with van der Waals surface area (Å²) in [6.07, 6.45) is 0.279. The maximum atomic E-state index is 11.6. The lowest BCUT2D eigenvalue weighted by Crippen LogP contribution is -2.34. The molecule has 1 rings (SSSR count). The molecular formula is C7H11ClN2O4S2. The average Bonchev–Trinajstić information content (AvgIpc) is 2.63. The van der Waals surface area contributed by atoms with Gasteiger partial charge in [-0.1, -0.05) is 22.9 Å². The Kier molecular flexibility index (Phi) is 5.09. The van der Waals surface area contributed by atoms with E-state index in [1.807, 2.05) is 0 Å². The molecular weight excluding hydrogens is 276 g/mol. The van der Waals surface area contributed by atoms with Gasteiger partial charge in [0.2, 0.25) is 0 Å². The van der Waals surface area contributed by atoms with Gasteiger partial charge in [0.25, 0.3) is 10.0 Å². The normalized spacial score (nSPS) is 13.9. The number of aliphatic hydroxyl groups is 1. The summed E-state index contributed by atoms with van der Waals surface area (Å²) in [7, 11) is -2.23. The van der Waals surface area contributed by atoms with Gasteiger partial charge in [0.1, 0.15) is 0 Å². The zero-order valence-corrected chi connectivity index (χ0v) is 10.8. The van der Waals surface area contributed by atoms with E-state index < -0.39 is 16.1 Å². The number of methoxy groups -OCH3 is 1. The van der Waals surface area contributed by atoms with E-state index in [9.17, 15) is 13.5 Å². The molecule has 0 spiro atoms. The minimum absolute atomic E-state index is 0.0158. The third-order valence-corrected chi connectivity index (χ3v) is 4.59. The second-order valence-corrected chi connectivity index (χ2v) is 6.50. The minimum Gasteiger partial charge on any atom is -0.389 e. The van der Waals surface area contributed by atoms with Crippen LogP contribution in [0.4, 0.5) is 0 Å². The Morgan fingerprint density at radius 2 is 2.44 bits per heavy atom. The van der Waals surface area contributed by atoms with Crippen molar-refractivity contribution in [2.45, 2.75) is 10.3 Å². The maximum Gasteiger partial charge on any atom is 0.251 e. The Morgan fingerprint density at radius 1 is 1.75 bits per heavy atom. The summed E-state index contributed by atoms with van der Waals surface area (Å²) in [5.74, 6) is 0. The van der Waals surface area contributed by atoms with Crippen LogP contribution in [0.1, 0.15) is 0 Å². The van der Waals surface area contributed by atoms with Crippen LogP contribution in [0.25, 0.3) is 0 Å². The molecule has 16 heavy (non-hydrogen) atoms. The van der Waals surface area contributed by atoms with Gasteiger partial charge in [-0.15, -0.1) is 0 Å². The highest BCUT2D eigenvalue weighted by Crippen LogP contribution is 2.21. The number of sulfonamides is 1. The Labute approximate surface area is 102 Å². The third-order valence-electron chi connectivity index (χ3n) is 1.59. The molecule has 0 aliphatic heterocycles. The Hall–Kier alpha value is -0.250. The van der Waals surface area contributed by atoms with Gasteiger partial charge in [-0.3, -0.25) is 0 Å². The summed E-state index contributed by atoms with van der Waals surface area (Å²) in [5.41, 5.74) is 0. The van der Waals surface area contributed by atoms with Crippen LogP contribution in [0.2, 0.25) is 4.47 Å². The van der Waals surface area contributed by atoms with Gasteiger partial charge < -0.3 is 9.84 Å². The molecule has 1 aromatic heterocycles. The van der Waals surface area contributed by atoms with Gasteiger partial charge in [0.05, 0.1) is 18.9 Å². The van der Waals surface area contributed by atoms with Crippen molar-refractivity contribution in [2.75, 3.05) is 20.3 Å². The van der Waals surface area contributed by atoms with Crippen LogP contribution in [0.5, 0.6) is 0 Å². The molecule has 1 unspecified atom stereocenters. The number of nitrogens with zero attached hydrogens (tertiary/aromatic N) is 1. The molecule has 1 aromatic rings. The third kappa shape index (κ3) is 3.96. The molecule has 92 valence electrons. The predicted octanol–water partition coefficient (Wildman–Crippen LogP) is 0.0821. The fraction of sp³-hybridized carbons (Fsp3) is 0.571. The van der Waals surface area contributed by atoms with Crippen molar-refractivity contribution < 1.29 is 18.3 Å². The topological polar surface area (TPSA) is 88.5 Å². The number of hydrogen-bond acceptors (Lipinski definition) is 6. The van der Waals surface area contributed by atoms with E-state index in [4.69, 9.17) is 11.6 Å². The number of thiazole rings is 1. The van der Waals surface area contributed by atoms with Crippen LogP contribution in [-0.2, 0) is 14.8 Å². The molecule has 0 bridgehead atoms. The van der Waals surface area contributed by atoms with Crippen LogP contribution in [0.15, 0.2) is 10.4 Å². The highest BCUT2D eigenvalue weighted by atomic mass is 35.5. The molecule has 6 nitrogen and oxygen atoms in total. The van der Waals surface area contributed by atoms with Gasteiger partial charge in [-0.05, 0) is 0 Å². The van der Waals surface area contributed by atoms with Gasteiger partial charge in [0.15, 0.2) is 8.68 Å². The molecule has 0 saturated heterocycles. The number of rotatable bonds is 6. The van der Waals surface area contributed by atoms with Crippen LogP contribution in [-0.4, -0.2) is 44.9 Å². The minimum atomic E-state index is -3.65. The highest BCUT2D eigenvalue weighted by Gasteiger charge is 2.18. The van der Waals surface area contributed by atoms with Crippen molar-refractivity contribution in [2.24, 2.45) is 0 Å². The molecule has 0 aliphatic rings. The van der Waals surface area contributed by atoms with Crippen molar-refractivity contribution in [3.8, 4) is 0 Å². The Morgan fingerprint density at radius 3 is 2.94 bits per heavy atom. The maximum absolute atomic E-state index is 11.6. The SMILES string of the molecule is COCC(O)CNS(=O)(=O)c1cnc(Cl)s1. The second-order valence-electron chi connectivity index (χ2n) is 2.89. The largest absolute Gasteiger partial charge is 0.389 e. The van der Waals surface area contributed by atoms with E-state index >= 15 is 0 Å². The number of aromatic nitrogens is 1. The summed E-state index contributed by atoms with van der Waals surface area (Å²) < 4.78 is 30.3. The summed E-state index contributed by atoms with van der Waals surface area (Å²) in [6, 6.07) is 0. The van der Waals surface area contributed by atoms with Crippen LogP contribution < -0.4 is 4.72 Å². The molecule has 1 atom stereocenters. The Bertz CT molecular complexity index is 433. The van der Waals surface area contributed by atoms with Crippen molar-refractivity contribution in [3.63, 3.8) is 0 Å². The molecule has 0 saturated carbocycles. The first-order valence-corrected chi connectivity index (χ1v) is 6.91. The molecule has 9 heteroatoms. The molecule has 0 fully saturated rings. The number of aliphatic hydroxyl groups excluding tert-OH is 1. The molecule has 0 radical (unpaired) electrons. The smallest absolute Gasteiger partial charge is 0.251 e. The predicted molar refractivity (Wildman–Crippen MR) is 60.2 cm³/mol. The lowest BCUT2D eigenvalue weighted by Gasteiger charge is -2.09. The molecule has 0 aromatic carbocycles. The highest BCUT2D eigenvalue weighted by molar-refractivity contribution is 7.91. The first-order chi connectivity index (χ1) is 7.45. The number of nitrogens with one attached hydrogen (secondary N) is 1. The summed E-state index contributed by atoms with van der Waals surface area (Å²) in [4.78, 5) is 3.62. The number of halogens is 1. The van der Waals surface area contributed by atoms with Crippen LogP contribution in [0.3, 0.4) is 0 Å². The zero-order valence-electron chi connectivity index (χ0n) is 8.38. The molecule has 1 heterocycles. The standard InChI is InChI=1S/C7H11ClN2O4S2/c1-14-4-5(11)2-10-16(12,13)6-3-9-7(8)15-6/h3,5,10-11H,2,4H2,1H3. The van der Waals surface area contributed by atoms with E-state index in [0.29, 0.717) is 0 Å². The van der Waals surface area contributed by atoms with E-state index in [-0.39, 0.29) is 21.8 Å². The fourth-order valence-corrected chi connectivity index (χ4v) is 3.30. The van der Waals surface area contributed by atoms with Crippen LogP contribution in [0, 0.1) is 0 Å². The first-order valence-electron chi connectivity index (χ1n) is 4.23. The second kappa shape index (κ2) is 5.89. The first kappa shape index (κ1) is 13.8. The van der Waals surface area contributed by atoms with E-state index in [0.717, 1.165) is 17.5 Å². The summed E-state index contributed by atoms with van der Waals surface area (Å²) >= 11 is 6.38. The summed E-state index contributed by atoms with van der Waals surface area (Å²) in [5, 5.41) is 9.27. The van der Waals surface area contributed by atoms with Gasteiger partial charge in [0, 0.05) is 13.7 Å². The lowest BCUT2D eigenvalue weighted by molar-refractivity contribution is 0.0679. The van der Waals surface area contributed by atoms with Crippen LogP contribution >= 0.6 is 22.9 Å². The van der Waals surface area contributed by atoms with E-state index in [2.05, 4.69) is 14.4 Å². The van der Waals surface area contributed by atoms with E-state index in [1.165, 1.54) is 7.11 Å². The van der Waals surface area contributed by atoms with Crippen molar-refractivity contribution in [1.29, 1.82) is 0 Å². The average molecular weight is 287 g/mol. The molecule has 2 N–H and O–H groups in total. The lowest BCUT2D eigenvalue weighted by atomic mass is 10.4. The quantitative estimate of drug-likeness (QED) is 0.773. The van der Waals surface area contributed by atoms with Crippen molar-refractivity contribution in [3.05, 3.63) is 10.7 Å². The van der Waals surface area contributed by atoms with Gasteiger partial charge >= 0.3 is 0 Å².